The van der Waals surface area contributed by atoms with Crippen molar-refractivity contribution in [2.45, 2.75) is 38.7 Å². The number of ether oxygens (including phenoxy) is 2. The highest BCUT2D eigenvalue weighted by Crippen LogP contribution is 2.25. The topological polar surface area (TPSA) is 18.5 Å². The predicted molar refractivity (Wildman–Crippen MR) is 48.7 cm³/mol. The molecule has 1 fully saturated rings. The van der Waals surface area contributed by atoms with Crippen molar-refractivity contribution < 1.29 is 9.47 Å². The van der Waals surface area contributed by atoms with Crippen LogP contribution in [0.25, 0.3) is 0 Å². The van der Waals surface area contributed by atoms with Gasteiger partial charge in [0.1, 0.15) is 0 Å². The van der Waals surface area contributed by atoms with E-state index in [1.807, 2.05) is 0 Å². The zero-order valence-electron chi connectivity index (χ0n) is 7.79. The summed E-state index contributed by atoms with van der Waals surface area (Å²) in [5, 5.41) is 0. The molecule has 0 aromatic rings. The Morgan fingerprint density at radius 1 is 1.42 bits per heavy atom. The van der Waals surface area contributed by atoms with Gasteiger partial charge < -0.3 is 9.47 Å². The third-order valence-electron chi connectivity index (χ3n) is 2.50. The maximum Gasteiger partial charge on any atom is 0.188 e. The summed E-state index contributed by atoms with van der Waals surface area (Å²) in [5.41, 5.74) is 0. The van der Waals surface area contributed by atoms with Crippen molar-refractivity contribution in [1.82, 2.24) is 0 Å². The van der Waals surface area contributed by atoms with Crippen LogP contribution in [0.4, 0.5) is 0 Å². The molecule has 2 atom stereocenters. The van der Waals surface area contributed by atoms with Crippen LogP contribution in [-0.4, -0.2) is 12.9 Å². The van der Waals surface area contributed by atoms with Gasteiger partial charge in [-0.1, -0.05) is 26.3 Å². The minimum absolute atomic E-state index is 0.360. The van der Waals surface area contributed by atoms with E-state index in [1.54, 1.807) is 0 Å². The highest BCUT2D eigenvalue weighted by atomic mass is 16.7. The summed E-state index contributed by atoms with van der Waals surface area (Å²) in [6.45, 7) is 6.07. The predicted octanol–water partition coefficient (Wildman–Crippen LogP) is 2.70. The lowest BCUT2D eigenvalue weighted by Crippen LogP contribution is -2.26. The molecule has 2 unspecified atom stereocenters. The van der Waals surface area contributed by atoms with Crippen LogP contribution in [0.5, 0.6) is 0 Å². The summed E-state index contributed by atoms with van der Waals surface area (Å²) < 4.78 is 10.5. The average Bonchev–Trinajstić information content (AvgIpc) is 2.09. The lowest BCUT2D eigenvalue weighted by atomic mass is 9.88. The van der Waals surface area contributed by atoms with Crippen LogP contribution < -0.4 is 0 Å². The zero-order valence-corrected chi connectivity index (χ0v) is 7.79. The molecule has 70 valence electrons. The van der Waals surface area contributed by atoms with Gasteiger partial charge in [0, 0.05) is 0 Å². The van der Waals surface area contributed by atoms with Crippen LogP contribution in [0.15, 0.2) is 12.8 Å². The fourth-order valence-electron chi connectivity index (χ4n) is 1.70. The van der Waals surface area contributed by atoms with Gasteiger partial charge in [-0.2, -0.15) is 0 Å². The Hall–Kier alpha value is -0.500. The van der Waals surface area contributed by atoms with Crippen LogP contribution in [-0.2, 0) is 9.47 Å². The Balaban J connectivity index is 2.15. The molecule has 0 aromatic carbocycles. The molecule has 0 amide bonds. The van der Waals surface area contributed by atoms with Crippen LogP contribution >= 0.6 is 0 Å². The summed E-state index contributed by atoms with van der Waals surface area (Å²) in [7, 11) is 0. The molecule has 0 saturated heterocycles. The smallest absolute Gasteiger partial charge is 0.188 e. The van der Waals surface area contributed by atoms with Crippen molar-refractivity contribution in [2.24, 2.45) is 5.92 Å². The molecule has 0 bridgehead atoms. The van der Waals surface area contributed by atoms with Crippen molar-refractivity contribution in [3.8, 4) is 0 Å². The van der Waals surface area contributed by atoms with Gasteiger partial charge in [0.15, 0.2) is 6.79 Å². The standard InChI is InChI=1S/C10H18O2/c1-3-11-8-12-10-7-5-4-6-9(10)2/h3,9-10H,1,4-8H2,2H3. The molecule has 1 rings (SSSR count). The first-order chi connectivity index (χ1) is 5.84. The summed E-state index contributed by atoms with van der Waals surface area (Å²) in [4.78, 5) is 0. The van der Waals surface area contributed by atoms with E-state index in [2.05, 4.69) is 13.5 Å². The molecule has 0 aliphatic heterocycles. The summed E-state index contributed by atoms with van der Waals surface area (Å²) in [6, 6.07) is 0. The molecule has 12 heavy (non-hydrogen) atoms. The summed E-state index contributed by atoms with van der Waals surface area (Å²) in [5.74, 6) is 0.687. The van der Waals surface area contributed by atoms with Crippen LogP contribution in [0, 0.1) is 5.92 Å². The highest BCUT2D eigenvalue weighted by molar-refractivity contribution is 4.71. The van der Waals surface area contributed by atoms with Gasteiger partial charge >= 0.3 is 0 Å². The third kappa shape index (κ3) is 2.86. The molecular weight excluding hydrogens is 152 g/mol. The minimum Gasteiger partial charge on any atom is -0.476 e. The SMILES string of the molecule is C=COCOC1CCCCC1C. The van der Waals surface area contributed by atoms with E-state index >= 15 is 0 Å². The molecule has 1 aliphatic carbocycles. The van der Waals surface area contributed by atoms with Gasteiger partial charge in [-0.05, 0) is 18.8 Å². The molecule has 1 aliphatic rings. The van der Waals surface area contributed by atoms with Gasteiger partial charge in [-0.15, -0.1) is 0 Å². The number of rotatable bonds is 4. The molecule has 0 N–H and O–H groups in total. The van der Waals surface area contributed by atoms with Crippen molar-refractivity contribution >= 4 is 0 Å². The molecule has 1 saturated carbocycles. The number of hydrogen-bond acceptors (Lipinski definition) is 2. The Labute approximate surface area is 74.6 Å². The summed E-state index contributed by atoms with van der Waals surface area (Å²) >= 11 is 0. The maximum atomic E-state index is 5.54. The summed E-state index contributed by atoms with van der Waals surface area (Å²) in [6.07, 6.45) is 6.94. The minimum atomic E-state index is 0.360. The first-order valence-corrected chi connectivity index (χ1v) is 4.68. The quantitative estimate of drug-likeness (QED) is 0.367. The third-order valence-corrected chi connectivity index (χ3v) is 2.50. The Bertz CT molecular complexity index is 134. The van der Waals surface area contributed by atoms with Gasteiger partial charge in [0.25, 0.3) is 0 Å². The fourth-order valence-corrected chi connectivity index (χ4v) is 1.70. The zero-order chi connectivity index (χ0) is 8.81. The van der Waals surface area contributed by atoms with E-state index < -0.39 is 0 Å². The van der Waals surface area contributed by atoms with Crippen LogP contribution in [0.1, 0.15) is 32.6 Å². The van der Waals surface area contributed by atoms with Crippen LogP contribution in [0.2, 0.25) is 0 Å². The lowest BCUT2D eigenvalue weighted by molar-refractivity contribution is -0.0870. The fraction of sp³-hybridized carbons (Fsp3) is 0.800. The van der Waals surface area contributed by atoms with E-state index in [1.165, 1.54) is 31.9 Å². The second-order valence-electron chi connectivity index (χ2n) is 3.42. The second kappa shape index (κ2) is 5.20. The molecule has 0 aromatic heterocycles. The largest absolute Gasteiger partial charge is 0.476 e. The van der Waals surface area contributed by atoms with Gasteiger partial charge in [0.2, 0.25) is 0 Å². The Kier molecular flexibility index (Phi) is 4.15. The van der Waals surface area contributed by atoms with Crippen molar-refractivity contribution in [2.75, 3.05) is 6.79 Å². The Morgan fingerprint density at radius 2 is 2.17 bits per heavy atom. The van der Waals surface area contributed by atoms with Gasteiger partial charge in [-0.3, -0.25) is 0 Å². The molecule has 2 nitrogen and oxygen atoms in total. The van der Waals surface area contributed by atoms with Crippen molar-refractivity contribution in [3.05, 3.63) is 12.8 Å². The van der Waals surface area contributed by atoms with Crippen molar-refractivity contribution in [1.29, 1.82) is 0 Å². The van der Waals surface area contributed by atoms with E-state index in [9.17, 15) is 0 Å². The van der Waals surface area contributed by atoms with Gasteiger partial charge in [-0.25, -0.2) is 0 Å². The van der Waals surface area contributed by atoms with Gasteiger partial charge in [0.05, 0.1) is 12.4 Å². The van der Waals surface area contributed by atoms with E-state index in [4.69, 9.17) is 9.47 Å². The molecule has 0 heterocycles. The highest BCUT2D eigenvalue weighted by Gasteiger charge is 2.21. The monoisotopic (exact) mass is 170 g/mol. The molecule has 2 heteroatoms. The van der Waals surface area contributed by atoms with E-state index in [-0.39, 0.29) is 0 Å². The first kappa shape index (κ1) is 9.59. The Morgan fingerprint density at radius 3 is 2.83 bits per heavy atom. The van der Waals surface area contributed by atoms with Crippen LogP contribution in [0.3, 0.4) is 0 Å². The maximum absolute atomic E-state index is 5.54. The first-order valence-electron chi connectivity index (χ1n) is 4.68. The molecular formula is C10H18O2. The molecule has 0 radical (unpaired) electrons. The average molecular weight is 170 g/mol. The van der Waals surface area contributed by atoms with E-state index in [0.29, 0.717) is 18.8 Å². The second-order valence-corrected chi connectivity index (χ2v) is 3.42. The lowest BCUT2D eigenvalue weighted by Gasteiger charge is -2.28. The number of hydrogen-bond donors (Lipinski definition) is 0. The molecule has 0 spiro atoms. The van der Waals surface area contributed by atoms with Crippen molar-refractivity contribution in [3.63, 3.8) is 0 Å². The normalized spacial score (nSPS) is 29.8. The van der Waals surface area contributed by atoms with E-state index in [0.717, 1.165) is 0 Å².